The largest absolute Gasteiger partial charge is 0.326 e. The number of rotatable bonds is 7. The number of hydrogen-bond donors (Lipinski definition) is 2. The van der Waals surface area contributed by atoms with E-state index in [1.807, 2.05) is 0 Å². The quantitative estimate of drug-likeness (QED) is 0.707. The molecule has 10 heteroatoms. The Labute approximate surface area is 143 Å². The minimum Gasteiger partial charge on any atom is -0.326 e. The Hall–Kier alpha value is -0.710. The maximum absolute atomic E-state index is 12.3. The lowest BCUT2D eigenvalue weighted by atomic mass is 10.2. The fraction of sp³-hybridized carbons (Fsp3) is 0.538. The van der Waals surface area contributed by atoms with Crippen LogP contribution in [-0.4, -0.2) is 47.8 Å². The molecule has 0 bridgehead atoms. The van der Waals surface area contributed by atoms with E-state index in [0.29, 0.717) is 5.92 Å². The van der Waals surface area contributed by atoms with Crippen LogP contribution in [-0.2, 0) is 20.0 Å². The van der Waals surface area contributed by atoms with Crippen LogP contribution >= 0.6 is 12.4 Å². The molecular formula is C13H22ClN3O4S2. The Bertz CT molecular complexity index is 746. The Morgan fingerprint density at radius 1 is 1.22 bits per heavy atom. The summed E-state index contributed by atoms with van der Waals surface area (Å²) in [7, 11) is -4.68. The van der Waals surface area contributed by atoms with E-state index in [1.54, 1.807) is 0 Å². The van der Waals surface area contributed by atoms with Gasteiger partial charge in [-0.2, -0.15) is 0 Å². The molecule has 2 rings (SSSR count). The molecule has 1 unspecified atom stereocenters. The van der Waals surface area contributed by atoms with Crippen LogP contribution in [0.5, 0.6) is 0 Å². The minimum atomic E-state index is -3.78. The van der Waals surface area contributed by atoms with Crippen LogP contribution < -0.4 is 10.5 Å². The first kappa shape index (κ1) is 20.3. The lowest BCUT2D eigenvalue weighted by Gasteiger charge is -2.14. The smallest absolute Gasteiger partial charge is 0.242 e. The number of benzene rings is 1. The third-order valence-electron chi connectivity index (χ3n) is 3.63. The van der Waals surface area contributed by atoms with Gasteiger partial charge >= 0.3 is 0 Å². The maximum Gasteiger partial charge on any atom is 0.242 e. The van der Waals surface area contributed by atoms with E-state index in [9.17, 15) is 16.8 Å². The number of hydrogen-bond acceptors (Lipinski definition) is 5. The number of sulfonamides is 2. The Morgan fingerprint density at radius 2 is 1.78 bits per heavy atom. The normalized spacial score (nSPS) is 16.9. The van der Waals surface area contributed by atoms with Crippen molar-refractivity contribution in [2.75, 3.05) is 20.6 Å². The monoisotopic (exact) mass is 383 g/mol. The molecule has 0 heterocycles. The molecule has 1 aliphatic carbocycles. The van der Waals surface area contributed by atoms with E-state index in [-0.39, 0.29) is 34.8 Å². The van der Waals surface area contributed by atoms with Gasteiger partial charge in [-0.1, -0.05) is 6.07 Å². The summed E-state index contributed by atoms with van der Waals surface area (Å²) < 4.78 is 52.1. The highest BCUT2D eigenvalue weighted by Crippen LogP contribution is 2.31. The van der Waals surface area contributed by atoms with Gasteiger partial charge in [0.2, 0.25) is 20.0 Å². The zero-order valence-corrected chi connectivity index (χ0v) is 15.4. The summed E-state index contributed by atoms with van der Waals surface area (Å²) in [5, 5.41) is 0. The lowest BCUT2D eigenvalue weighted by molar-refractivity contribution is 0.520. The summed E-state index contributed by atoms with van der Waals surface area (Å²) in [5.41, 5.74) is 5.87. The molecule has 1 saturated carbocycles. The number of nitrogens with zero attached hydrogens (tertiary/aromatic N) is 1. The van der Waals surface area contributed by atoms with Crippen molar-refractivity contribution in [1.29, 1.82) is 0 Å². The number of nitrogens with two attached hydrogens (primary N) is 1. The predicted molar refractivity (Wildman–Crippen MR) is 90.5 cm³/mol. The van der Waals surface area contributed by atoms with Gasteiger partial charge in [-0.15, -0.1) is 12.4 Å². The molecule has 0 spiro atoms. The highest BCUT2D eigenvalue weighted by atomic mass is 35.5. The Balaban J connectivity index is 0.00000264. The molecule has 1 atom stereocenters. The van der Waals surface area contributed by atoms with Crippen LogP contribution in [0.25, 0.3) is 0 Å². The van der Waals surface area contributed by atoms with Crippen LogP contribution in [0.15, 0.2) is 34.1 Å². The standard InChI is InChI=1S/C13H21N3O4S2.ClH/c1-16(2)22(19,20)12-5-3-4-11(8-12)21(17,18)15-9-13(14)10-6-7-10;/h3-5,8,10,13,15H,6-7,9,14H2,1-2H3;1H. The van der Waals surface area contributed by atoms with Crippen LogP contribution in [0.1, 0.15) is 12.8 Å². The summed E-state index contributed by atoms with van der Waals surface area (Å²) in [6.45, 7) is 0.150. The Kier molecular flexibility index (Phi) is 6.59. The highest BCUT2D eigenvalue weighted by molar-refractivity contribution is 7.90. The second-order valence-electron chi connectivity index (χ2n) is 5.62. The second kappa shape index (κ2) is 7.45. The topological polar surface area (TPSA) is 110 Å². The zero-order chi connectivity index (χ0) is 16.5. The zero-order valence-electron chi connectivity index (χ0n) is 13.0. The van der Waals surface area contributed by atoms with E-state index >= 15 is 0 Å². The maximum atomic E-state index is 12.3. The summed E-state index contributed by atoms with van der Waals surface area (Å²) >= 11 is 0. The van der Waals surface area contributed by atoms with Crippen molar-refractivity contribution in [1.82, 2.24) is 9.03 Å². The molecule has 0 aromatic heterocycles. The van der Waals surface area contributed by atoms with Crippen molar-refractivity contribution in [2.24, 2.45) is 11.7 Å². The van der Waals surface area contributed by atoms with Gasteiger partial charge in [0.25, 0.3) is 0 Å². The van der Waals surface area contributed by atoms with Gasteiger partial charge in [0, 0.05) is 26.7 Å². The van der Waals surface area contributed by atoms with E-state index < -0.39 is 20.0 Å². The molecule has 0 amide bonds. The van der Waals surface area contributed by atoms with Crippen LogP contribution in [0, 0.1) is 5.92 Å². The van der Waals surface area contributed by atoms with E-state index in [1.165, 1.54) is 32.3 Å². The fourth-order valence-electron chi connectivity index (χ4n) is 1.99. The van der Waals surface area contributed by atoms with Crippen LogP contribution in [0.3, 0.4) is 0 Å². The summed E-state index contributed by atoms with van der Waals surface area (Å²) in [6.07, 6.45) is 2.05. The molecule has 1 aliphatic rings. The minimum absolute atomic E-state index is 0. The Morgan fingerprint density at radius 3 is 2.30 bits per heavy atom. The van der Waals surface area contributed by atoms with E-state index in [0.717, 1.165) is 23.2 Å². The van der Waals surface area contributed by atoms with Crippen LogP contribution in [0.4, 0.5) is 0 Å². The molecule has 1 aromatic rings. The van der Waals surface area contributed by atoms with Gasteiger partial charge in [0.05, 0.1) is 9.79 Å². The van der Waals surface area contributed by atoms with Gasteiger partial charge in [0.15, 0.2) is 0 Å². The predicted octanol–water partition coefficient (Wildman–Crippen LogP) is 0.374. The first-order chi connectivity index (χ1) is 10.1. The number of halogens is 1. The van der Waals surface area contributed by atoms with Crippen LogP contribution in [0.2, 0.25) is 0 Å². The highest BCUT2D eigenvalue weighted by Gasteiger charge is 2.29. The van der Waals surface area contributed by atoms with Crippen molar-refractivity contribution in [3.8, 4) is 0 Å². The average Bonchev–Trinajstić information content (AvgIpc) is 3.29. The lowest BCUT2D eigenvalue weighted by Crippen LogP contribution is -2.38. The van der Waals surface area contributed by atoms with Gasteiger partial charge in [0.1, 0.15) is 0 Å². The molecular weight excluding hydrogens is 362 g/mol. The molecule has 0 aliphatic heterocycles. The fourth-order valence-corrected chi connectivity index (χ4v) is 4.13. The average molecular weight is 384 g/mol. The first-order valence-corrected chi connectivity index (χ1v) is 9.85. The van der Waals surface area contributed by atoms with Crippen molar-refractivity contribution in [2.45, 2.75) is 28.7 Å². The van der Waals surface area contributed by atoms with Crippen molar-refractivity contribution in [3.05, 3.63) is 24.3 Å². The molecule has 0 radical (unpaired) electrons. The molecule has 0 saturated heterocycles. The molecule has 1 fully saturated rings. The molecule has 3 N–H and O–H groups in total. The summed E-state index contributed by atoms with van der Waals surface area (Å²) in [6, 6.07) is 5.08. The van der Waals surface area contributed by atoms with Crippen molar-refractivity contribution in [3.63, 3.8) is 0 Å². The number of nitrogens with one attached hydrogen (secondary N) is 1. The first-order valence-electron chi connectivity index (χ1n) is 6.92. The second-order valence-corrected chi connectivity index (χ2v) is 9.53. The van der Waals surface area contributed by atoms with Gasteiger partial charge in [-0.3, -0.25) is 0 Å². The van der Waals surface area contributed by atoms with Crippen molar-refractivity contribution >= 4 is 32.5 Å². The molecule has 23 heavy (non-hydrogen) atoms. The summed E-state index contributed by atoms with van der Waals surface area (Å²) in [4.78, 5) is -0.148. The summed E-state index contributed by atoms with van der Waals surface area (Å²) in [5.74, 6) is 0.378. The molecule has 7 nitrogen and oxygen atoms in total. The SMILES string of the molecule is CN(C)S(=O)(=O)c1cccc(S(=O)(=O)NCC(N)C2CC2)c1.Cl. The van der Waals surface area contributed by atoms with E-state index in [2.05, 4.69) is 4.72 Å². The molecule has 132 valence electrons. The van der Waals surface area contributed by atoms with Crippen molar-refractivity contribution < 1.29 is 16.8 Å². The third kappa shape index (κ3) is 4.88. The third-order valence-corrected chi connectivity index (χ3v) is 6.86. The molecule has 1 aromatic carbocycles. The van der Waals surface area contributed by atoms with Gasteiger partial charge < -0.3 is 5.73 Å². The van der Waals surface area contributed by atoms with Gasteiger partial charge in [-0.05, 0) is 37.0 Å². The van der Waals surface area contributed by atoms with Gasteiger partial charge in [-0.25, -0.2) is 25.9 Å². The van der Waals surface area contributed by atoms with E-state index in [4.69, 9.17) is 5.73 Å².